The Morgan fingerprint density at radius 2 is 2.24 bits per heavy atom. The van der Waals surface area contributed by atoms with E-state index in [2.05, 4.69) is 15.3 Å². The van der Waals surface area contributed by atoms with Crippen molar-refractivity contribution in [3.63, 3.8) is 0 Å². The number of ether oxygens (including phenoxy) is 1. The molecule has 2 aromatic rings. The maximum Gasteiger partial charge on any atom is 0.220 e. The van der Waals surface area contributed by atoms with Gasteiger partial charge < -0.3 is 10.1 Å². The molecule has 3 rings (SSSR count). The van der Waals surface area contributed by atoms with Crippen molar-refractivity contribution in [2.45, 2.75) is 45.7 Å². The van der Waals surface area contributed by atoms with E-state index in [1.54, 1.807) is 11.8 Å². The lowest BCUT2D eigenvalue weighted by molar-refractivity contribution is -0.121. The molecule has 1 aromatic heterocycles. The van der Waals surface area contributed by atoms with E-state index in [1.165, 1.54) is 6.42 Å². The Balaban J connectivity index is 1.43. The second-order valence-corrected chi connectivity index (χ2v) is 8.25. The molecule has 1 aromatic carbocycles. The Hall–Kier alpha value is -2.05. The number of amides is 1. The summed E-state index contributed by atoms with van der Waals surface area (Å²) >= 11 is 6.39. The van der Waals surface area contributed by atoms with Gasteiger partial charge in [-0.05, 0) is 56.3 Å². The summed E-state index contributed by atoms with van der Waals surface area (Å²) in [4.78, 5) is 14.7. The number of aryl methyl sites for hydroxylation is 2. The van der Waals surface area contributed by atoms with Crippen LogP contribution in [0.2, 0.25) is 5.15 Å². The van der Waals surface area contributed by atoms with Crippen molar-refractivity contribution in [2.75, 3.05) is 20.2 Å². The molecule has 158 valence electrons. The lowest BCUT2D eigenvalue weighted by Gasteiger charge is -2.32. The fraction of sp³-hybridized carbons (Fsp3) is 0.545. The molecule has 1 atom stereocenters. The van der Waals surface area contributed by atoms with E-state index in [0.29, 0.717) is 18.9 Å². The molecule has 1 aliphatic rings. The Kier molecular flexibility index (Phi) is 7.56. The topological polar surface area (TPSA) is 59.4 Å². The number of carbonyl (C=O) groups is 1. The minimum atomic E-state index is 0.107. The Bertz CT molecular complexity index is 836. The van der Waals surface area contributed by atoms with Crippen molar-refractivity contribution in [3.8, 4) is 5.75 Å². The van der Waals surface area contributed by atoms with Crippen molar-refractivity contribution in [1.29, 1.82) is 0 Å². The van der Waals surface area contributed by atoms with Gasteiger partial charge in [0.15, 0.2) is 0 Å². The van der Waals surface area contributed by atoms with E-state index in [-0.39, 0.29) is 5.91 Å². The minimum Gasteiger partial charge on any atom is -0.497 e. The van der Waals surface area contributed by atoms with Gasteiger partial charge in [0.25, 0.3) is 0 Å². The highest BCUT2D eigenvalue weighted by Gasteiger charge is 2.23. The fourth-order valence-corrected chi connectivity index (χ4v) is 4.25. The molecule has 1 aliphatic heterocycles. The summed E-state index contributed by atoms with van der Waals surface area (Å²) in [7, 11) is 3.52. The first-order valence-corrected chi connectivity index (χ1v) is 10.6. The SMILES string of the molecule is COc1cccc(CNC(=O)CCC2CCCN(Cc3c(C)nn(C)c3Cl)C2)c1. The lowest BCUT2D eigenvalue weighted by Crippen LogP contribution is -2.35. The molecule has 1 amide bonds. The predicted molar refractivity (Wildman–Crippen MR) is 115 cm³/mol. The fourth-order valence-electron chi connectivity index (χ4n) is 4.01. The van der Waals surface area contributed by atoms with Crippen molar-refractivity contribution < 1.29 is 9.53 Å². The number of hydrogen-bond acceptors (Lipinski definition) is 4. The number of aromatic nitrogens is 2. The molecular weight excluding hydrogens is 388 g/mol. The van der Waals surface area contributed by atoms with Gasteiger partial charge in [0.1, 0.15) is 10.9 Å². The van der Waals surface area contributed by atoms with Gasteiger partial charge in [0.2, 0.25) is 5.91 Å². The van der Waals surface area contributed by atoms with Crippen LogP contribution in [-0.4, -0.2) is 40.8 Å². The first kappa shape index (κ1) is 21.7. The molecule has 1 unspecified atom stereocenters. The average Bonchev–Trinajstić information content (AvgIpc) is 2.97. The molecule has 2 heterocycles. The number of hydrogen-bond donors (Lipinski definition) is 1. The number of likely N-dealkylation sites (tertiary alicyclic amines) is 1. The van der Waals surface area contributed by atoms with E-state index in [9.17, 15) is 4.79 Å². The molecule has 0 radical (unpaired) electrons. The summed E-state index contributed by atoms with van der Waals surface area (Å²) in [6, 6.07) is 7.78. The van der Waals surface area contributed by atoms with E-state index < -0.39 is 0 Å². The van der Waals surface area contributed by atoms with Gasteiger partial charge in [0, 0.05) is 38.7 Å². The molecule has 6 nitrogen and oxygen atoms in total. The number of benzene rings is 1. The number of rotatable bonds is 8. The van der Waals surface area contributed by atoms with Gasteiger partial charge in [-0.25, -0.2) is 0 Å². The largest absolute Gasteiger partial charge is 0.497 e. The third kappa shape index (κ3) is 5.97. The molecule has 29 heavy (non-hydrogen) atoms. The smallest absolute Gasteiger partial charge is 0.220 e. The van der Waals surface area contributed by atoms with Crippen LogP contribution < -0.4 is 10.1 Å². The van der Waals surface area contributed by atoms with Gasteiger partial charge in [-0.15, -0.1) is 0 Å². The first-order chi connectivity index (χ1) is 14.0. The monoisotopic (exact) mass is 418 g/mol. The Labute approximate surface area is 178 Å². The van der Waals surface area contributed by atoms with Gasteiger partial charge in [-0.1, -0.05) is 23.7 Å². The number of carbonyl (C=O) groups excluding carboxylic acids is 1. The van der Waals surface area contributed by atoms with Crippen LogP contribution in [0.15, 0.2) is 24.3 Å². The van der Waals surface area contributed by atoms with Crippen molar-refractivity contribution in [2.24, 2.45) is 13.0 Å². The summed E-state index contributed by atoms with van der Waals surface area (Å²) < 4.78 is 6.96. The van der Waals surface area contributed by atoms with Gasteiger partial charge in [-0.3, -0.25) is 14.4 Å². The quantitative estimate of drug-likeness (QED) is 0.710. The van der Waals surface area contributed by atoms with Crippen LogP contribution in [0.1, 0.15) is 42.5 Å². The van der Waals surface area contributed by atoms with Crippen LogP contribution in [0.3, 0.4) is 0 Å². The maximum atomic E-state index is 12.3. The normalized spacial score (nSPS) is 17.3. The zero-order chi connectivity index (χ0) is 20.8. The Morgan fingerprint density at radius 3 is 2.97 bits per heavy atom. The van der Waals surface area contributed by atoms with Crippen LogP contribution >= 0.6 is 11.6 Å². The molecule has 0 aliphatic carbocycles. The summed E-state index contributed by atoms with van der Waals surface area (Å²) in [6.45, 7) is 5.45. The lowest BCUT2D eigenvalue weighted by atomic mass is 9.93. The summed E-state index contributed by atoms with van der Waals surface area (Å²) in [5, 5.41) is 8.15. The van der Waals surface area contributed by atoms with E-state index in [0.717, 1.165) is 60.2 Å². The second kappa shape index (κ2) is 10.1. The predicted octanol–water partition coefficient (Wildman–Crippen LogP) is 3.70. The molecule has 7 heteroatoms. The van der Waals surface area contributed by atoms with Gasteiger partial charge >= 0.3 is 0 Å². The van der Waals surface area contributed by atoms with Crippen LogP contribution in [-0.2, 0) is 24.9 Å². The molecule has 0 spiro atoms. The van der Waals surface area contributed by atoms with Crippen LogP contribution in [0, 0.1) is 12.8 Å². The Morgan fingerprint density at radius 1 is 1.41 bits per heavy atom. The third-order valence-corrected chi connectivity index (χ3v) is 6.13. The molecular formula is C22H31ClN4O2. The molecule has 1 N–H and O–H groups in total. The third-order valence-electron chi connectivity index (χ3n) is 5.66. The number of nitrogens with zero attached hydrogens (tertiary/aromatic N) is 3. The van der Waals surface area contributed by atoms with Gasteiger partial charge in [-0.2, -0.15) is 5.10 Å². The van der Waals surface area contributed by atoms with Crippen molar-refractivity contribution >= 4 is 17.5 Å². The standard InChI is InChI=1S/C22H31ClN4O2/c1-16-20(22(23)26(2)25-16)15-27-11-5-7-17(14-27)9-10-21(28)24-13-18-6-4-8-19(12-18)29-3/h4,6,8,12,17H,5,7,9-11,13-15H2,1-3H3,(H,24,28). The minimum absolute atomic E-state index is 0.107. The van der Waals surface area contributed by atoms with E-state index >= 15 is 0 Å². The zero-order valence-corrected chi connectivity index (χ0v) is 18.3. The number of piperidine rings is 1. The van der Waals surface area contributed by atoms with Crippen LogP contribution in [0.25, 0.3) is 0 Å². The maximum absolute atomic E-state index is 12.3. The van der Waals surface area contributed by atoms with Crippen molar-refractivity contribution in [1.82, 2.24) is 20.0 Å². The average molecular weight is 419 g/mol. The summed E-state index contributed by atoms with van der Waals surface area (Å²) in [5.41, 5.74) is 3.16. The molecule has 0 bridgehead atoms. The molecule has 1 saturated heterocycles. The summed E-state index contributed by atoms with van der Waals surface area (Å²) in [5.74, 6) is 1.46. The van der Waals surface area contributed by atoms with Crippen LogP contribution in [0.4, 0.5) is 0 Å². The number of halogens is 1. The second-order valence-electron chi connectivity index (χ2n) is 7.89. The highest BCUT2D eigenvalue weighted by atomic mass is 35.5. The van der Waals surface area contributed by atoms with Crippen LogP contribution in [0.5, 0.6) is 5.75 Å². The molecule has 1 fully saturated rings. The zero-order valence-electron chi connectivity index (χ0n) is 17.6. The van der Waals surface area contributed by atoms with E-state index in [1.807, 2.05) is 38.2 Å². The van der Waals surface area contributed by atoms with Crippen molar-refractivity contribution in [3.05, 3.63) is 46.2 Å². The first-order valence-electron chi connectivity index (χ1n) is 10.3. The number of methoxy groups -OCH3 is 1. The highest BCUT2D eigenvalue weighted by Crippen LogP contribution is 2.26. The van der Waals surface area contributed by atoms with Gasteiger partial charge in [0.05, 0.1) is 12.8 Å². The number of nitrogens with one attached hydrogen (secondary N) is 1. The van der Waals surface area contributed by atoms with E-state index in [4.69, 9.17) is 16.3 Å². The highest BCUT2D eigenvalue weighted by molar-refractivity contribution is 6.30. The summed E-state index contributed by atoms with van der Waals surface area (Å²) in [6.07, 6.45) is 3.82. The molecule has 0 saturated carbocycles.